The van der Waals surface area contributed by atoms with E-state index in [4.69, 9.17) is 21.1 Å². The van der Waals surface area contributed by atoms with E-state index < -0.39 is 0 Å². The van der Waals surface area contributed by atoms with Crippen molar-refractivity contribution in [2.45, 2.75) is 6.92 Å². The maximum Gasteiger partial charge on any atom is 0.274 e. The van der Waals surface area contributed by atoms with Crippen molar-refractivity contribution < 1.29 is 14.3 Å². The van der Waals surface area contributed by atoms with Crippen LogP contribution in [0.5, 0.6) is 11.5 Å². The number of halogens is 1. The average Bonchev–Trinajstić information content (AvgIpc) is 2.89. The van der Waals surface area contributed by atoms with Gasteiger partial charge in [-0.15, -0.1) is 0 Å². The van der Waals surface area contributed by atoms with Gasteiger partial charge in [0.25, 0.3) is 5.91 Å². The van der Waals surface area contributed by atoms with Gasteiger partial charge in [0.2, 0.25) is 0 Å². The highest BCUT2D eigenvalue weighted by atomic mass is 35.5. The second kappa shape index (κ2) is 6.41. The molecule has 0 bridgehead atoms. The van der Waals surface area contributed by atoms with Crippen LogP contribution in [0.25, 0.3) is 5.65 Å². The number of hydrogen-bond donors (Lipinski definition) is 1. The van der Waals surface area contributed by atoms with Crippen molar-refractivity contribution in [1.29, 1.82) is 0 Å². The minimum atomic E-state index is -0.269. The number of amides is 1. The molecule has 6 nitrogen and oxygen atoms in total. The Kier molecular flexibility index (Phi) is 4.31. The number of ether oxygens (including phenoxy) is 2. The zero-order chi connectivity index (χ0) is 17.3. The van der Waals surface area contributed by atoms with E-state index in [0.29, 0.717) is 39.2 Å². The van der Waals surface area contributed by atoms with Crippen LogP contribution in [0.3, 0.4) is 0 Å². The van der Waals surface area contributed by atoms with Crippen LogP contribution in [-0.4, -0.2) is 29.5 Å². The van der Waals surface area contributed by atoms with Gasteiger partial charge in [-0.2, -0.15) is 0 Å². The van der Waals surface area contributed by atoms with Crippen molar-refractivity contribution in [2.24, 2.45) is 0 Å². The van der Waals surface area contributed by atoms with Crippen LogP contribution in [0.4, 0.5) is 5.69 Å². The molecule has 3 rings (SSSR count). The van der Waals surface area contributed by atoms with Crippen LogP contribution in [0.1, 0.15) is 16.2 Å². The fourth-order valence-corrected chi connectivity index (χ4v) is 2.67. The Morgan fingerprint density at radius 2 is 1.92 bits per heavy atom. The van der Waals surface area contributed by atoms with Crippen LogP contribution in [0.15, 0.2) is 36.5 Å². The lowest BCUT2D eigenvalue weighted by Gasteiger charge is -2.11. The Morgan fingerprint density at radius 3 is 2.62 bits per heavy atom. The van der Waals surface area contributed by atoms with E-state index in [1.54, 1.807) is 62.1 Å². The van der Waals surface area contributed by atoms with Gasteiger partial charge in [0, 0.05) is 29.0 Å². The van der Waals surface area contributed by atoms with Crippen molar-refractivity contribution in [2.75, 3.05) is 19.5 Å². The van der Waals surface area contributed by atoms with E-state index >= 15 is 0 Å². The number of carbonyl (C=O) groups excluding carboxylic acids is 1. The molecule has 2 aromatic heterocycles. The van der Waals surface area contributed by atoms with E-state index in [9.17, 15) is 4.79 Å². The number of nitrogens with zero attached hydrogens (tertiary/aromatic N) is 2. The monoisotopic (exact) mass is 345 g/mol. The van der Waals surface area contributed by atoms with E-state index in [-0.39, 0.29) is 5.91 Å². The Morgan fingerprint density at radius 1 is 1.17 bits per heavy atom. The third-order valence-corrected chi connectivity index (χ3v) is 3.85. The second-order valence-corrected chi connectivity index (χ2v) is 5.58. The topological polar surface area (TPSA) is 64.9 Å². The van der Waals surface area contributed by atoms with Crippen LogP contribution in [0.2, 0.25) is 5.02 Å². The molecule has 0 aliphatic heterocycles. The molecule has 1 aromatic carbocycles. The molecule has 0 unspecified atom stereocenters. The highest BCUT2D eigenvalue weighted by Gasteiger charge is 2.17. The predicted molar refractivity (Wildman–Crippen MR) is 92.4 cm³/mol. The van der Waals surface area contributed by atoms with Gasteiger partial charge < -0.3 is 14.8 Å². The van der Waals surface area contributed by atoms with Gasteiger partial charge in [-0.25, -0.2) is 4.98 Å². The molecule has 0 aliphatic carbocycles. The molecule has 7 heteroatoms. The average molecular weight is 346 g/mol. The van der Waals surface area contributed by atoms with E-state index in [1.807, 2.05) is 0 Å². The maximum absolute atomic E-state index is 12.7. The number of methoxy groups -OCH3 is 2. The summed E-state index contributed by atoms with van der Waals surface area (Å²) in [5.74, 6) is 0.864. The standard InChI is InChI=1S/C17H16ClN3O3/c1-10-16(21-7-6-11(18)8-15(21)19-10)17(22)20-12-4-5-13(23-2)14(9-12)24-3/h4-9H,1-3H3,(H,20,22). The number of rotatable bonds is 4. The number of anilines is 1. The summed E-state index contributed by atoms with van der Waals surface area (Å²) < 4.78 is 12.1. The smallest absolute Gasteiger partial charge is 0.274 e. The van der Waals surface area contributed by atoms with E-state index in [1.165, 1.54) is 0 Å². The molecule has 1 N–H and O–H groups in total. The molecule has 24 heavy (non-hydrogen) atoms. The number of pyridine rings is 1. The summed E-state index contributed by atoms with van der Waals surface area (Å²) in [5, 5.41) is 3.42. The molecule has 2 heterocycles. The molecule has 0 aliphatic rings. The largest absolute Gasteiger partial charge is 0.493 e. The molecule has 0 fully saturated rings. The summed E-state index contributed by atoms with van der Waals surface area (Å²) in [6, 6.07) is 8.60. The number of hydrogen-bond acceptors (Lipinski definition) is 4. The Labute approximate surface area is 144 Å². The fraction of sp³-hybridized carbons (Fsp3) is 0.176. The number of aromatic nitrogens is 2. The van der Waals surface area contributed by atoms with Crippen LogP contribution in [0, 0.1) is 6.92 Å². The molecule has 0 spiro atoms. The zero-order valence-corrected chi connectivity index (χ0v) is 14.2. The second-order valence-electron chi connectivity index (χ2n) is 5.14. The van der Waals surface area contributed by atoms with Crippen molar-refractivity contribution in [3.8, 4) is 11.5 Å². The van der Waals surface area contributed by atoms with Crippen molar-refractivity contribution >= 4 is 28.8 Å². The summed E-state index contributed by atoms with van der Waals surface area (Å²) in [4.78, 5) is 17.0. The first kappa shape index (κ1) is 16.1. The number of aryl methyl sites for hydroxylation is 1. The molecule has 3 aromatic rings. The Balaban J connectivity index is 1.94. The minimum Gasteiger partial charge on any atom is -0.493 e. The summed E-state index contributed by atoms with van der Waals surface area (Å²) in [5.41, 5.74) is 2.30. The number of fused-ring (bicyclic) bond motifs is 1. The molecular formula is C17H16ClN3O3. The zero-order valence-electron chi connectivity index (χ0n) is 13.5. The normalized spacial score (nSPS) is 10.7. The maximum atomic E-state index is 12.7. The predicted octanol–water partition coefficient (Wildman–Crippen LogP) is 3.57. The third kappa shape index (κ3) is 2.88. The number of carbonyl (C=O) groups is 1. The quantitative estimate of drug-likeness (QED) is 0.785. The molecular weight excluding hydrogens is 330 g/mol. The van der Waals surface area contributed by atoms with Crippen LogP contribution < -0.4 is 14.8 Å². The van der Waals surface area contributed by atoms with Crippen LogP contribution >= 0.6 is 11.6 Å². The van der Waals surface area contributed by atoms with Gasteiger partial charge >= 0.3 is 0 Å². The highest BCUT2D eigenvalue weighted by molar-refractivity contribution is 6.30. The van der Waals surface area contributed by atoms with Gasteiger partial charge in [-0.1, -0.05) is 11.6 Å². The van der Waals surface area contributed by atoms with Gasteiger partial charge in [-0.05, 0) is 25.1 Å². The van der Waals surface area contributed by atoms with Gasteiger partial charge in [0.15, 0.2) is 11.5 Å². The van der Waals surface area contributed by atoms with Gasteiger partial charge in [-0.3, -0.25) is 9.20 Å². The summed E-state index contributed by atoms with van der Waals surface area (Å²) in [6.45, 7) is 1.78. The number of imidazole rings is 1. The number of nitrogens with one attached hydrogen (secondary N) is 1. The lowest BCUT2D eigenvalue weighted by molar-refractivity contribution is 0.102. The van der Waals surface area contributed by atoms with E-state index in [2.05, 4.69) is 10.3 Å². The van der Waals surface area contributed by atoms with Crippen molar-refractivity contribution in [1.82, 2.24) is 9.38 Å². The van der Waals surface area contributed by atoms with Crippen molar-refractivity contribution in [3.63, 3.8) is 0 Å². The molecule has 0 saturated carbocycles. The molecule has 0 atom stereocenters. The first-order chi connectivity index (χ1) is 11.5. The Hall–Kier alpha value is -2.73. The van der Waals surface area contributed by atoms with Crippen molar-refractivity contribution in [3.05, 3.63) is 52.9 Å². The van der Waals surface area contributed by atoms with E-state index in [0.717, 1.165) is 0 Å². The first-order valence-electron chi connectivity index (χ1n) is 7.21. The lowest BCUT2D eigenvalue weighted by Crippen LogP contribution is -2.15. The highest BCUT2D eigenvalue weighted by Crippen LogP contribution is 2.30. The Bertz CT molecular complexity index is 921. The molecule has 0 saturated heterocycles. The molecule has 0 radical (unpaired) electrons. The summed E-state index contributed by atoms with van der Waals surface area (Å²) in [6.07, 6.45) is 1.72. The van der Waals surface area contributed by atoms with Gasteiger partial charge in [0.05, 0.1) is 19.9 Å². The third-order valence-electron chi connectivity index (χ3n) is 3.62. The SMILES string of the molecule is COc1ccc(NC(=O)c2c(C)nc3cc(Cl)ccn23)cc1OC. The minimum absolute atomic E-state index is 0.269. The fourth-order valence-electron chi connectivity index (χ4n) is 2.52. The van der Waals surface area contributed by atoms with Gasteiger partial charge in [0.1, 0.15) is 11.3 Å². The summed E-state index contributed by atoms with van der Waals surface area (Å²) in [7, 11) is 3.10. The molecule has 1 amide bonds. The molecule has 124 valence electrons. The number of benzene rings is 1. The van der Waals surface area contributed by atoms with Crippen LogP contribution in [-0.2, 0) is 0 Å². The first-order valence-corrected chi connectivity index (χ1v) is 7.59. The summed E-state index contributed by atoms with van der Waals surface area (Å²) >= 11 is 5.97. The lowest BCUT2D eigenvalue weighted by atomic mass is 10.2.